The Morgan fingerprint density at radius 1 is 0.667 bits per heavy atom. The van der Waals surface area contributed by atoms with Crippen molar-refractivity contribution in [2.75, 3.05) is 28.2 Å². The first-order valence-corrected chi connectivity index (χ1v) is 11.1. The molecule has 4 rings (SSSR count). The zero-order chi connectivity index (χ0) is 19.6. The van der Waals surface area contributed by atoms with E-state index in [9.17, 15) is 0 Å². The molecule has 0 atom stereocenters. The molecule has 1 spiro atoms. The topological polar surface area (TPSA) is 43.2 Å². The van der Waals surface area contributed by atoms with Crippen LogP contribution in [-0.2, 0) is 8.85 Å². The van der Waals surface area contributed by atoms with E-state index in [2.05, 4.69) is 10.2 Å². The third-order valence-corrected chi connectivity index (χ3v) is 11.4. The van der Waals surface area contributed by atoms with Gasteiger partial charge in [-0.05, 0) is 0 Å². The molecule has 0 saturated carbocycles. The molecule has 0 aromatic heterocycles. The first-order valence-electron chi connectivity index (χ1n) is 8.60. The Kier molecular flexibility index (Phi) is 3.04. The molecule has 2 aliphatic rings. The molecule has 0 aliphatic carbocycles. The van der Waals surface area contributed by atoms with Crippen LogP contribution < -0.4 is 0 Å². The Bertz CT molecular complexity index is 923. The summed E-state index contributed by atoms with van der Waals surface area (Å²) in [7, 11) is -2.31. The van der Waals surface area contributed by atoms with Gasteiger partial charge in [0.1, 0.15) is 0 Å². The van der Waals surface area contributed by atoms with Crippen LogP contribution in [-0.4, -0.2) is 56.6 Å². The molecule has 0 unspecified atom stereocenters. The molecule has 0 N–H and O–H groups in total. The van der Waals surface area contributed by atoms with Crippen molar-refractivity contribution in [3.8, 4) is 0 Å². The minimum absolute atomic E-state index is 0.147. The predicted molar refractivity (Wildman–Crippen MR) is 100 cm³/mol. The summed E-state index contributed by atoms with van der Waals surface area (Å²) in [5.74, 6) is -0.295. The number of nitrogens with zero attached hydrogens (tertiary/aromatic N) is 4. The molecule has 9 heteroatoms. The van der Waals surface area contributed by atoms with Gasteiger partial charge in [-0.1, -0.05) is 0 Å². The number of rotatable bonds is 2. The second-order valence-corrected chi connectivity index (χ2v) is 12.9. The average Bonchev–Trinajstić information content (AvgIpc) is 2.92. The molecule has 0 fully saturated rings. The second kappa shape index (κ2) is 4.61. The molecule has 0 amide bonds. The molecular weight excluding hydrogens is 370 g/mol. The number of hydrogen-bond donors (Lipinski definition) is 0. The zero-order valence-corrected chi connectivity index (χ0v) is 16.6. The molecule has 0 saturated heterocycles. The summed E-state index contributed by atoms with van der Waals surface area (Å²) in [5.41, 5.74) is 0.923. The standard InChI is InChI=1S/C18H22F2N4O2Si/c1-23(2)21-17(15-11-7-5-8-12-15)25-27(23,19,20)24(3,4)22-18(26-27)16-13-9-6-10-14-16/h5-14H,1-4H3. The van der Waals surface area contributed by atoms with E-state index in [1.807, 2.05) is 0 Å². The van der Waals surface area contributed by atoms with Gasteiger partial charge in [-0.25, -0.2) is 0 Å². The SMILES string of the molecule is C[N+]1(C)N=C(c2ccccc2)O[Si-2]12(F)(F)OC(c1ccccc1)=N[N+]2(C)C. The van der Waals surface area contributed by atoms with Crippen molar-refractivity contribution in [1.82, 2.24) is 0 Å². The van der Waals surface area contributed by atoms with Crippen LogP contribution in [0, 0.1) is 0 Å². The van der Waals surface area contributed by atoms with E-state index >= 15 is 8.22 Å². The summed E-state index contributed by atoms with van der Waals surface area (Å²) in [6, 6.07) is 17.3. The average molecular weight is 392 g/mol. The van der Waals surface area contributed by atoms with Gasteiger partial charge in [-0.15, -0.1) is 0 Å². The number of quaternary nitrogens is 2. The fourth-order valence-electron chi connectivity index (χ4n) is 3.56. The van der Waals surface area contributed by atoms with Crippen molar-refractivity contribution in [3.05, 3.63) is 71.8 Å². The number of halogens is 2. The Morgan fingerprint density at radius 2 is 1.00 bits per heavy atom. The first kappa shape index (κ1) is 17.8. The summed E-state index contributed by atoms with van der Waals surface area (Å²) >= 11 is 0. The van der Waals surface area contributed by atoms with Crippen molar-refractivity contribution in [2.24, 2.45) is 10.2 Å². The fraction of sp³-hybridized carbons (Fsp3) is 0.222. The van der Waals surface area contributed by atoms with E-state index in [0.717, 1.165) is 0 Å². The van der Waals surface area contributed by atoms with Crippen LogP contribution >= 0.6 is 0 Å². The van der Waals surface area contributed by atoms with Gasteiger partial charge in [0, 0.05) is 0 Å². The molecule has 2 aliphatic heterocycles. The van der Waals surface area contributed by atoms with Gasteiger partial charge >= 0.3 is 156 Å². The van der Waals surface area contributed by atoms with Crippen molar-refractivity contribution >= 4 is 19.9 Å². The van der Waals surface area contributed by atoms with Crippen LogP contribution in [0.15, 0.2) is 70.9 Å². The Morgan fingerprint density at radius 3 is 1.33 bits per heavy atom. The quantitative estimate of drug-likeness (QED) is 0.582. The van der Waals surface area contributed by atoms with Crippen LogP contribution in [0.1, 0.15) is 11.1 Å². The molecule has 144 valence electrons. The van der Waals surface area contributed by atoms with Crippen molar-refractivity contribution in [2.45, 2.75) is 0 Å². The summed E-state index contributed by atoms with van der Waals surface area (Å²) in [4.78, 5) is 0. The molecular formula is C18H22F2N4O2Si. The van der Waals surface area contributed by atoms with Crippen molar-refractivity contribution < 1.29 is 25.6 Å². The van der Waals surface area contributed by atoms with E-state index in [1.54, 1.807) is 60.7 Å². The summed E-state index contributed by atoms with van der Waals surface area (Å²) in [6.07, 6.45) is 0. The minimum atomic E-state index is -7.49. The second-order valence-electron chi connectivity index (χ2n) is 7.80. The Balaban J connectivity index is 1.89. The van der Waals surface area contributed by atoms with E-state index in [-0.39, 0.29) is 11.8 Å². The van der Waals surface area contributed by atoms with E-state index in [0.29, 0.717) is 11.1 Å². The monoisotopic (exact) mass is 392 g/mol. The summed E-state index contributed by atoms with van der Waals surface area (Å²) < 4.78 is 43.1. The molecule has 0 bridgehead atoms. The van der Waals surface area contributed by atoms with Crippen LogP contribution in [0.4, 0.5) is 8.22 Å². The van der Waals surface area contributed by atoms with Gasteiger partial charge in [0.15, 0.2) is 0 Å². The van der Waals surface area contributed by atoms with Gasteiger partial charge in [-0.2, -0.15) is 0 Å². The molecule has 6 nitrogen and oxygen atoms in total. The van der Waals surface area contributed by atoms with Crippen LogP contribution in [0.5, 0.6) is 0 Å². The maximum atomic E-state index is 17.1. The van der Waals surface area contributed by atoms with Crippen LogP contribution in [0.25, 0.3) is 0 Å². The number of benzene rings is 2. The third-order valence-electron chi connectivity index (χ3n) is 5.55. The molecule has 2 heterocycles. The van der Waals surface area contributed by atoms with E-state index in [4.69, 9.17) is 8.85 Å². The first-order chi connectivity index (χ1) is 12.4. The van der Waals surface area contributed by atoms with Crippen molar-refractivity contribution in [1.29, 1.82) is 0 Å². The van der Waals surface area contributed by atoms with Crippen molar-refractivity contribution in [3.63, 3.8) is 0 Å². The Labute approximate surface area is 156 Å². The molecule has 0 radical (unpaired) electrons. The Hall–Kier alpha value is -2.62. The maximum absolute atomic E-state index is 17.1. The number of hydrogen-bond acceptors (Lipinski definition) is 4. The van der Waals surface area contributed by atoms with Gasteiger partial charge in [0.25, 0.3) is 0 Å². The van der Waals surface area contributed by atoms with Gasteiger partial charge in [0.2, 0.25) is 0 Å². The van der Waals surface area contributed by atoms with Gasteiger partial charge < -0.3 is 0 Å². The summed E-state index contributed by atoms with van der Waals surface area (Å²) in [6.45, 7) is 0. The zero-order valence-electron chi connectivity index (χ0n) is 15.6. The molecule has 2 aromatic rings. The fourth-order valence-corrected chi connectivity index (χ4v) is 7.39. The third kappa shape index (κ3) is 1.88. The normalized spacial score (nSPS) is 27.8. The van der Waals surface area contributed by atoms with Gasteiger partial charge in [0.05, 0.1) is 0 Å². The van der Waals surface area contributed by atoms with Crippen LogP contribution in [0.2, 0.25) is 0 Å². The summed E-state index contributed by atoms with van der Waals surface area (Å²) in [5, 5.41) is 8.46. The predicted octanol–water partition coefficient (Wildman–Crippen LogP) is 3.20. The van der Waals surface area contributed by atoms with Crippen LogP contribution in [0.3, 0.4) is 0 Å². The van der Waals surface area contributed by atoms with Gasteiger partial charge in [-0.3, -0.25) is 0 Å². The van der Waals surface area contributed by atoms with E-state index < -0.39 is 16.6 Å². The van der Waals surface area contributed by atoms with E-state index in [1.165, 1.54) is 28.2 Å². The molecule has 2 aromatic carbocycles. The molecule has 27 heavy (non-hydrogen) atoms.